The predicted octanol–water partition coefficient (Wildman–Crippen LogP) is 3.87. The number of rotatable bonds is 5. The Labute approximate surface area is 246 Å². The molecule has 2 fully saturated rings. The predicted molar refractivity (Wildman–Crippen MR) is 153 cm³/mol. The molecule has 2 saturated carbocycles. The van der Waals surface area contributed by atoms with E-state index in [1.165, 1.54) is 19.9 Å². The molecule has 0 amide bonds. The van der Waals surface area contributed by atoms with E-state index in [2.05, 4.69) is 6.58 Å². The van der Waals surface area contributed by atoms with Crippen molar-refractivity contribution in [2.45, 2.75) is 90.8 Å². The number of carbonyl (C=O) groups is 4. The molecule has 0 aliphatic heterocycles. The van der Waals surface area contributed by atoms with Crippen LogP contribution in [-0.4, -0.2) is 63.9 Å². The zero-order valence-electron chi connectivity index (χ0n) is 25.0. The van der Waals surface area contributed by atoms with Crippen molar-refractivity contribution in [3.8, 4) is 0 Å². The Bertz CT molecular complexity index is 1360. The summed E-state index contributed by atoms with van der Waals surface area (Å²) in [7, 11) is 0. The van der Waals surface area contributed by atoms with Crippen LogP contribution in [0.25, 0.3) is 6.08 Å². The summed E-state index contributed by atoms with van der Waals surface area (Å²) < 4.78 is 17.5. The van der Waals surface area contributed by atoms with Gasteiger partial charge in [-0.1, -0.05) is 57.7 Å². The fraction of sp³-hybridized carbons (Fsp3) is 0.515. The second kappa shape index (κ2) is 11.3. The minimum absolute atomic E-state index is 0.251. The van der Waals surface area contributed by atoms with E-state index in [1.54, 1.807) is 33.8 Å². The van der Waals surface area contributed by atoms with Crippen LogP contribution in [0.15, 0.2) is 59.7 Å². The second-order valence-electron chi connectivity index (χ2n) is 12.5. The highest BCUT2D eigenvalue weighted by atomic mass is 16.6. The first-order chi connectivity index (χ1) is 19.5. The highest BCUT2D eigenvalue weighted by Gasteiger charge is 2.68. The van der Waals surface area contributed by atoms with Crippen LogP contribution < -0.4 is 0 Å². The van der Waals surface area contributed by atoms with Crippen molar-refractivity contribution in [2.75, 3.05) is 0 Å². The molecule has 9 nitrogen and oxygen atoms in total. The molecule has 0 spiro atoms. The van der Waals surface area contributed by atoms with E-state index in [0.717, 1.165) is 5.56 Å². The van der Waals surface area contributed by atoms with Gasteiger partial charge in [0.25, 0.3) is 0 Å². The van der Waals surface area contributed by atoms with Gasteiger partial charge in [-0.25, -0.2) is 4.79 Å². The molecular formula is C33H40O9. The zero-order chi connectivity index (χ0) is 31.2. The molecule has 42 heavy (non-hydrogen) atoms. The second-order valence-corrected chi connectivity index (χ2v) is 12.5. The number of Topliss-reactive ketones (excluding diaryl/α,β-unsaturated/α-hetero) is 1. The number of ketones is 1. The summed E-state index contributed by atoms with van der Waals surface area (Å²) in [6.07, 6.45) is -1.72. The maximum absolute atomic E-state index is 13.3. The minimum Gasteiger partial charge on any atom is -0.458 e. The van der Waals surface area contributed by atoms with Gasteiger partial charge in [0.1, 0.15) is 17.8 Å². The molecule has 0 radical (unpaired) electrons. The lowest BCUT2D eigenvalue weighted by molar-refractivity contribution is -0.227. The molecule has 4 rings (SSSR count). The Morgan fingerprint density at radius 3 is 2.24 bits per heavy atom. The standard InChI is InChI=1S/C33H40O9/c1-18-23(36)17-33(39)29(38)27-19(2)24(42-25(37)14-13-22-11-9-8-10-12-22)15-16-32(27,7)30(41-21(4)35)28(40-20(3)34)26(18)31(33,5)6/h8-14,24,27-30,38-39H,2,15-17H2,1,3-7H3. The summed E-state index contributed by atoms with van der Waals surface area (Å²) in [6, 6.07) is 9.23. The van der Waals surface area contributed by atoms with Gasteiger partial charge in [-0.2, -0.15) is 0 Å². The SMILES string of the molecule is C=C1C(OC(=O)C=Cc2ccccc2)CCC2(C)C(OC(C)=O)C(OC(C)=O)C3=C(C)C(=O)CC(O)(C(O)C12)C3(C)C. The van der Waals surface area contributed by atoms with Gasteiger partial charge in [-0.3, -0.25) is 14.4 Å². The maximum atomic E-state index is 13.3. The summed E-state index contributed by atoms with van der Waals surface area (Å²) in [5, 5.41) is 24.3. The Morgan fingerprint density at radius 1 is 1.02 bits per heavy atom. The lowest BCUT2D eigenvalue weighted by atomic mass is 9.48. The lowest BCUT2D eigenvalue weighted by Crippen LogP contribution is -2.70. The topological polar surface area (TPSA) is 136 Å². The zero-order valence-corrected chi connectivity index (χ0v) is 25.0. The third-order valence-corrected chi connectivity index (χ3v) is 9.55. The summed E-state index contributed by atoms with van der Waals surface area (Å²) >= 11 is 0. The van der Waals surface area contributed by atoms with Gasteiger partial charge in [0.2, 0.25) is 0 Å². The average Bonchev–Trinajstić information content (AvgIpc) is 2.90. The molecule has 0 aromatic heterocycles. The Hall–Kier alpha value is -3.56. The molecule has 2 bridgehead atoms. The molecular weight excluding hydrogens is 540 g/mol. The fourth-order valence-electron chi connectivity index (χ4n) is 7.27. The number of aliphatic hydroxyl groups excluding tert-OH is 1. The Kier molecular flexibility index (Phi) is 8.41. The number of aliphatic hydroxyl groups is 2. The smallest absolute Gasteiger partial charge is 0.331 e. The third-order valence-electron chi connectivity index (χ3n) is 9.55. The van der Waals surface area contributed by atoms with E-state index >= 15 is 0 Å². The van der Waals surface area contributed by atoms with E-state index in [-0.39, 0.29) is 24.8 Å². The number of esters is 3. The van der Waals surface area contributed by atoms with Crippen LogP contribution in [0.4, 0.5) is 0 Å². The van der Waals surface area contributed by atoms with Crippen LogP contribution in [0.2, 0.25) is 0 Å². The maximum Gasteiger partial charge on any atom is 0.331 e. The normalized spacial score (nSPS) is 34.2. The van der Waals surface area contributed by atoms with E-state index in [0.29, 0.717) is 11.1 Å². The molecule has 226 valence electrons. The summed E-state index contributed by atoms with van der Waals surface area (Å²) in [6.45, 7) is 13.4. The third kappa shape index (κ3) is 5.24. The van der Waals surface area contributed by atoms with Crippen molar-refractivity contribution in [3.05, 3.63) is 65.3 Å². The molecule has 7 unspecified atom stereocenters. The van der Waals surface area contributed by atoms with Crippen LogP contribution in [0, 0.1) is 16.7 Å². The van der Waals surface area contributed by atoms with Gasteiger partial charge in [-0.05, 0) is 48.1 Å². The van der Waals surface area contributed by atoms with Gasteiger partial charge < -0.3 is 24.4 Å². The number of fused-ring (bicyclic) bond motifs is 3. The molecule has 9 heteroatoms. The van der Waals surface area contributed by atoms with Crippen LogP contribution in [0.3, 0.4) is 0 Å². The minimum atomic E-state index is -2.01. The monoisotopic (exact) mass is 580 g/mol. The molecule has 2 N–H and O–H groups in total. The van der Waals surface area contributed by atoms with Crippen molar-refractivity contribution in [1.29, 1.82) is 0 Å². The van der Waals surface area contributed by atoms with Crippen LogP contribution in [-0.2, 0) is 33.4 Å². The van der Waals surface area contributed by atoms with Crippen molar-refractivity contribution >= 4 is 29.8 Å². The van der Waals surface area contributed by atoms with Crippen LogP contribution >= 0.6 is 0 Å². The van der Waals surface area contributed by atoms with Crippen LogP contribution in [0.5, 0.6) is 0 Å². The number of ether oxygens (including phenoxy) is 3. The molecule has 0 heterocycles. The van der Waals surface area contributed by atoms with Gasteiger partial charge in [-0.15, -0.1) is 0 Å². The van der Waals surface area contributed by atoms with Crippen molar-refractivity contribution < 1.29 is 43.6 Å². The first kappa shape index (κ1) is 31.4. The van der Waals surface area contributed by atoms with E-state index in [1.807, 2.05) is 30.3 Å². The molecule has 0 saturated heterocycles. The molecule has 1 aromatic rings. The van der Waals surface area contributed by atoms with Crippen molar-refractivity contribution in [1.82, 2.24) is 0 Å². The number of allylic oxidation sites excluding steroid dienone is 1. The summed E-state index contributed by atoms with van der Waals surface area (Å²) in [5.74, 6) is -3.37. The quantitative estimate of drug-likeness (QED) is 0.230. The van der Waals surface area contributed by atoms with Crippen LogP contribution in [0.1, 0.15) is 66.4 Å². The van der Waals surface area contributed by atoms with E-state index < -0.39 is 70.5 Å². The van der Waals surface area contributed by atoms with Gasteiger partial charge in [0, 0.05) is 43.1 Å². The van der Waals surface area contributed by atoms with Gasteiger partial charge in [0.15, 0.2) is 11.9 Å². The van der Waals surface area contributed by atoms with E-state index in [4.69, 9.17) is 14.2 Å². The molecule has 3 aliphatic rings. The van der Waals surface area contributed by atoms with Gasteiger partial charge >= 0.3 is 17.9 Å². The molecule has 1 aromatic carbocycles. The lowest BCUT2D eigenvalue weighted by Gasteiger charge is -2.61. The van der Waals surface area contributed by atoms with E-state index in [9.17, 15) is 29.4 Å². The molecule has 7 atom stereocenters. The number of hydrogen-bond donors (Lipinski definition) is 2. The number of benzene rings is 1. The highest BCUT2D eigenvalue weighted by molar-refractivity contribution is 5.98. The summed E-state index contributed by atoms with van der Waals surface area (Å²) in [5.41, 5.74) is -2.74. The Balaban J connectivity index is 1.82. The first-order valence-electron chi connectivity index (χ1n) is 14.2. The fourth-order valence-corrected chi connectivity index (χ4v) is 7.27. The largest absolute Gasteiger partial charge is 0.458 e. The number of hydrogen-bond acceptors (Lipinski definition) is 9. The number of carbonyl (C=O) groups excluding carboxylic acids is 4. The summed E-state index contributed by atoms with van der Waals surface area (Å²) in [4.78, 5) is 51.1. The van der Waals surface area contributed by atoms with Gasteiger partial charge in [0.05, 0.1) is 6.10 Å². The average molecular weight is 581 g/mol. The van der Waals surface area contributed by atoms with Crippen molar-refractivity contribution in [3.63, 3.8) is 0 Å². The van der Waals surface area contributed by atoms with Crippen molar-refractivity contribution in [2.24, 2.45) is 16.7 Å². The molecule has 3 aliphatic carbocycles. The Morgan fingerprint density at radius 2 is 1.64 bits per heavy atom. The first-order valence-corrected chi connectivity index (χ1v) is 14.2. The highest BCUT2D eigenvalue weighted by Crippen LogP contribution is 2.61.